The molecule has 0 aliphatic heterocycles. The van der Waals surface area contributed by atoms with E-state index in [9.17, 15) is 4.79 Å². The third-order valence-corrected chi connectivity index (χ3v) is 3.06. The molecule has 0 radical (unpaired) electrons. The first-order chi connectivity index (χ1) is 9.69. The van der Waals surface area contributed by atoms with Crippen LogP contribution in [0.3, 0.4) is 0 Å². The molecule has 0 aliphatic carbocycles. The van der Waals surface area contributed by atoms with Gasteiger partial charge in [-0.3, -0.25) is 4.79 Å². The number of anilines is 1. The Morgan fingerprint density at radius 1 is 1.00 bits per heavy atom. The summed E-state index contributed by atoms with van der Waals surface area (Å²) in [4.78, 5) is 12.5. The molecule has 2 aromatic rings. The third kappa shape index (κ3) is 2.77. The summed E-state index contributed by atoms with van der Waals surface area (Å²) < 4.78 is 10.4. The summed E-state index contributed by atoms with van der Waals surface area (Å²) in [6.45, 7) is 0. The van der Waals surface area contributed by atoms with Crippen LogP contribution in [-0.2, 0) is 0 Å². The Labute approximate surface area is 119 Å². The highest BCUT2D eigenvalue weighted by molar-refractivity contribution is 6.16. The molecule has 0 saturated carbocycles. The Balaban J connectivity index is 2.37. The maximum atomic E-state index is 12.5. The number of methoxy groups -OCH3 is 2. The van der Waals surface area contributed by atoms with Crippen LogP contribution in [0.15, 0.2) is 42.5 Å². The molecule has 2 rings (SSSR count). The first-order valence-corrected chi connectivity index (χ1v) is 6.24. The lowest BCUT2D eigenvalue weighted by Gasteiger charge is -2.09. The van der Waals surface area contributed by atoms with Crippen molar-refractivity contribution in [3.63, 3.8) is 0 Å². The van der Waals surface area contributed by atoms with Gasteiger partial charge in [0.15, 0.2) is 17.3 Å². The predicted octanol–water partition coefficient (Wildman–Crippen LogP) is 1.89. The zero-order valence-electron chi connectivity index (χ0n) is 11.8. The first kappa shape index (κ1) is 14.0. The Hall–Kier alpha value is -2.43. The van der Waals surface area contributed by atoms with E-state index in [1.807, 2.05) is 26.2 Å². The fourth-order valence-corrected chi connectivity index (χ4v) is 1.96. The molecule has 4 nitrogen and oxygen atoms in total. The van der Waals surface area contributed by atoms with Crippen LogP contribution in [0.2, 0.25) is 0 Å². The van der Waals surface area contributed by atoms with Crippen LogP contribution in [0, 0.1) is 0 Å². The van der Waals surface area contributed by atoms with Crippen LogP contribution in [0.1, 0.15) is 15.9 Å². The molecule has 0 fully saturated rings. The fourth-order valence-electron chi connectivity index (χ4n) is 1.96. The van der Waals surface area contributed by atoms with Crippen molar-refractivity contribution in [2.24, 2.45) is 0 Å². The lowest BCUT2D eigenvalue weighted by atomic mass is 10.0. The number of hydrogen-bond donors (Lipinski definition) is 1. The van der Waals surface area contributed by atoms with Crippen molar-refractivity contribution in [1.82, 2.24) is 0 Å². The molecule has 0 amide bonds. The van der Waals surface area contributed by atoms with Crippen LogP contribution in [-0.4, -0.2) is 28.0 Å². The Kier molecular flexibility index (Phi) is 4.30. The van der Waals surface area contributed by atoms with Crippen molar-refractivity contribution >= 4 is 19.5 Å². The molecule has 102 valence electrons. The van der Waals surface area contributed by atoms with Gasteiger partial charge in [0, 0.05) is 16.8 Å². The second-order valence-corrected chi connectivity index (χ2v) is 4.23. The van der Waals surface area contributed by atoms with E-state index in [0.717, 1.165) is 5.69 Å². The third-order valence-electron chi connectivity index (χ3n) is 3.06. The summed E-state index contributed by atoms with van der Waals surface area (Å²) in [6.07, 6.45) is 0. The summed E-state index contributed by atoms with van der Waals surface area (Å²) in [6, 6.07) is 12.5. The number of rotatable bonds is 5. The van der Waals surface area contributed by atoms with Gasteiger partial charge in [-0.1, -0.05) is 12.1 Å². The first-order valence-electron chi connectivity index (χ1n) is 6.24. The van der Waals surface area contributed by atoms with Crippen molar-refractivity contribution in [2.45, 2.75) is 0 Å². The average Bonchev–Trinajstić information content (AvgIpc) is 2.53. The molecular formula is C15H16BNO3. The van der Waals surface area contributed by atoms with Gasteiger partial charge in [0.1, 0.15) is 0 Å². The monoisotopic (exact) mass is 269 g/mol. The predicted molar refractivity (Wildman–Crippen MR) is 81.6 cm³/mol. The maximum absolute atomic E-state index is 12.5. The molecule has 0 heterocycles. The standard InChI is InChI=1S/C15H16BNO3/c1-19-13-7-6-11(9-14(13)20-2)15(18)10-4-3-5-12(8-10)17-16/h3-9,17H,16H2,1-2H3. The highest BCUT2D eigenvalue weighted by Gasteiger charge is 2.13. The van der Waals surface area contributed by atoms with Gasteiger partial charge in [-0.15, -0.1) is 0 Å². The Morgan fingerprint density at radius 3 is 2.35 bits per heavy atom. The van der Waals surface area contributed by atoms with Crippen molar-refractivity contribution in [1.29, 1.82) is 0 Å². The quantitative estimate of drug-likeness (QED) is 0.665. The van der Waals surface area contributed by atoms with Gasteiger partial charge in [0.05, 0.1) is 14.2 Å². The van der Waals surface area contributed by atoms with Crippen LogP contribution in [0.25, 0.3) is 0 Å². The smallest absolute Gasteiger partial charge is 0.213 e. The normalized spacial score (nSPS) is 9.90. The van der Waals surface area contributed by atoms with Crippen molar-refractivity contribution in [3.8, 4) is 11.5 Å². The van der Waals surface area contributed by atoms with E-state index in [1.165, 1.54) is 0 Å². The lowest BCUT2D eigenvalue weighted by Crippen LogP contribution is -2.03. The van der Waals surface area contributed by atoms with E-state index < -0.39 is 0 Å². The zero-order chi connectivity index (χ0) is 14.5. The van der Waals surface area contributed by atoms with Crippen LogP contribution in [0.4, 0.5) is 5.69 Å². The van der Waals surface area contributed by atoms with Gasteiger partial charge in [-0.05, 0) is 30.3 Å². The molecule has 1 N–H and O–H groups in total. The molecule has 0 bridgehead atoms. The van der Waals surface area contributed by atoms with Gasteiger partial charge in [0.2, 0.25) is 7.98 Å². The molecule has 2 aromatic carbocycles. The summed E-state index contributed by atoms with van der Waals surface area (Å²) in [7, 11) is 4.93. The number of ether oxygens (including phenoxy) is 2. The Bertz CT molecular complexity index is 628. The second-order valence-electron chi connectivity index (χ2n) is 4.23. The van der Waals surface area contributed by atoms with E-state index in [4.69, 9.17) is 9.47 Å². The van der Waals surface area contributed by atoms with Gasteiger partial charge in [-0.25, -0.2) is 0 Å². The fraction of sp³-hybridized carbons (Fsp3) is 0.133. The highest BCUT2D eigenvalue weighted by atomic mass is 16.5. The molecule has 20 heavy (non-hydrogen) atoms. The van der Waals surface area contributed by atoms with Crippen LogP contribution in [0.5, 0.6) is 11.5 Å². The van der Waals surface area contributed by atoms with E-state index in [0.29, 0.717) is 22.6 Å². The van der Waals surface area contributed by atoms with Gasteiger partial charge >= 0.3 is 0 Å². The summed E-state index contributed by atoms with van der Waals surface area (Å²) in [5.41, 5.74) is 2.09. The van der Waals surface area contributed by atoms with Gasteiger partial charge in [0.25, 0.3) is 0 Å². The molecule has 0 spiro atoms. The Morgan fingerprint density at radius 2 is 1.70 bits per heavy atom. The molecule has 5 heteroatoms. The van der Waals surface area contributed by atoms with E-state index >= 15 is 0 Å². The minimum Gasteiger partial charge on any atom is -0.493 e. The second kappa shape index (κ2) is 6.15. The number of benzene rings is 2. The van der Waals surface area contributed by atoms with Crippen molar-refractivity contribution in [3.05, 3.63) is 53.6 Å². The number of nitrogens with one attached hydrogen (secondary N) is 1. The SMILES string of the molecule is BNc1cccc(C(=O)c2ccc(OC)c(OC)c2)c1. The highest BCUT2D eigenvalue weighted by Crippen LogP contribution is 2.28. The van der Waals surface area contributed by atoms with Crippen molar-refractivity contribution in [2.75, 3.05) is 19.4 Å². The number of hydrogen-bond acceptors (Lipinski definition) is 4. The van der Waals surface area contributed by atoms with E-state index in [1.54, 1.807) is 38.5 Å². The average molecular weight is 269 g/mol. The number of carbonyl (C=O) groups is 1. The number of carbonyl (C=O) groups excluding carboxylic acids is 1. The largest absolute Gasteiger partial charge is 0.493 e. The summed E-state index contributed by atoms with van der Waals surface area (Å²) >= 11 is 0. The molecule has 0 atom stereocenters. The molecule has 0 aromatic heterocycles. The molecule has 0 unspecified atom stereocenters. The maximum Gasteiger partial charge on any atom is 0.213 e. The zero-order valence-corrected chi connectivity index (χ0v) is 11.8. The minimum absolute atomic E-state index is 0.0527. The van der Waals surface area contributed by atoms with E-state index in [-0.39, 0.29) is 5.78 Å². The van der Waals surface area contributed by atoms with Crippen molar-refractivity contribution < 1.29 is 14.3 Å². The van der Waals surface area contributed by atoms with Gasteiger partial charge < -0.3 is 14.7 Å². The van der Waals surface area contributed by atoms with E-state index in [2.05, 4.69) is 5.23 Å². The molecular weight excluding hydrogens is 253 g/mol. The molecule has 0 aliphatic rings. The summed E-state index contributed by atoms with van der Waals surface area (Å²) in [5.74, 6) is 1.10. The molecule has 0 saturated heterocycles. The minimum atomic E-state index is -0.0527. The van der Waals surface area contributed by atoms with Crippen LogP contribution >= 0.6 is 0 Å². The number of ketones is 1. The lowest BCUT2D eigenvalue weighted by molar-refractivity contribution is 0.103. The van der Waals surface area contributed by atoms with Gasteiger partial charge in [-0.2, -0.15) is 0 Å². The topological polar surface area (TPSA) is 47.6 Å². The van der Waals surface area contributed by atoms with Crippen LogP contribution < -0.4 is 14.7 Å². The summed E-state index contributed by atoms with van der Waals surface area (Å²) in [5, 5.41) is 3.02.